The van der Waals surface area contributed by atoms with Crippen molar-refractivity contribution in [1.29, 1.82) is 0 Å². The van der Waals surface area contributed by atoms with Gasteiger partial charge >= 0.3 is 0 Å². The van der Waals surface area contributed by atoms with Crippen molar-refractivity contribution in [3.05, 3.63) is 59.7 Å². The summed E-state index contributed by atoms with van der Waals surface area (Å²) >= 11 is 5.89. The number of nitrogens with zero attached hydrogens (tertiary/aromatic N) is 2. The van der Waals surface area contributed by atoms with Crippen LogP contribution in [0.25, 0.3) is 10.9 Å². The lowest BCUT2D eigenvalue weighted by atomic mass is 10.1. The fourth-order valence-electron chi connectivity index (χ4n) is 4.09. The molecule has 3 aromatic rings. The van der Waals surface area contributed by atoms with E-state index in [-0.39, 0.29) is 10.9 Å². The van der Waals surface area contributed by atoms with Crippen LogP contribution in [0.1, 0.15) is 25.7 Å². The van der Waals surface area contributed by atoms with Crippen molar-refractivity contribution >= 4 is 45.6 Å². The van der Waals surface area contributed by atoms with Crippen LogP contribution in [0, 0.1) is 11.7 Å². The van der Waals surface area contributed by atoms with Gasteiger partial charge in [-0.05, 0) is 49.6 Å². The highest BCUT2D eigenvalue weighted by molar-refractivity contribution is 6.31. The van der Waals surface area contributed by atoms with E-state index in [9.17, 15) is 9.18 Å². The number of methoxy groups -OCH3 is 1. The van der Waals surface area contributed by atoms with Crippen LogP contribution in [-0.4, -0.2) is 36.1 Å². The monoisotopic (exact) mass is 483 g/mol. The summed E-state index contributed by atoms with van der Waals surface area (Å²) in [5.74, 6) is 0.939. The number of amides is 1. The van der Waals surface area contributed by atoms with Crippen molar-refractivity contribution in [3.8, 4) is 5.75 Å². The molecule has 1 aromatic heterocycles. The third kappa shape index (κ3) is 6.01. The lowest BCUT2D eigenvalue weighted by molar-refractivity contribution is -0.111. The number of hydrogen-bond acceptors (Lipinski definition) is 6. The molecule has 1 aliphatic carbocycles. The summed E-state index contributed by atoms with van der Waals surface area (Å²) in [6.45, 7) is 1.63. The van der Waals surface area contributed by atoms with Crippen molar-refractivity contribution in [3.63, 3.8) is 0 Å². The molecule has 0 radical (unpaired) electrons. The average Bonchev–Trinajstić information content (AvgIpc) is 3.35. The summed E-state index contributed by atoms with van der Waals surface area (Å²) < 4.78 is 19.0. The molecule has 1 heterocycles. The van der Waals surface area contributed by atoms with E-state index in [1.807, 2.05) is 6.08 Å². The van der Waals surface area contributed by atoms with Crippen molar-refractivity contribution < 1.29 is 13.9 Å². The molecule has 0 spiro atoms. The molecule has 3 N–H and O–H groups in total. The first-order chi connectivity index (χ1) is 16.5. The van der Waals surface area contributed by atoms with Crippen molar-refractivity contribution in [2.75, 3.05) is 30.8 Å². The molecule has 0 saturated heterocycles. The van der Waals surface area contributed by atoms with Crippen molar-refractivity contribution in [2.45, 2.75) is 25.7 Å². The fourth-order valence-corrected chi connectivity index (χ4v) is 4.27. The van der Waals surface area contributed by atoms with Gasteiger partial charge in [-0.15, -0.1) is 0 Å². The van der Waals surface area contributed by atoms with Gasteiger partial charge in [0.25, 0.3) is 0 Å². The topological polar surface area (TPSA) is 88.2 Å². The molecule has 0 atom stereocenters. The second-order valence-electron chi connectivity index (χ2n) is 8.25. The molecule has 0 bridgehead atoms. The maximum atomic E-state index is 13.5. The number of carbonyl (C=O) groups is 1. The smallest absolute Gasteiger partial charge is 0.248 e. The van der Waals surface area contributed by atoms with Gasteiger partial charge in [0.15, 0.2) is 0 Å². The molecule has 4 rings (SSSR count). The van der Waals surface area contributed by atoms with E-state index in [1.54, 1.807) is 18.2 Å². The third-order valence-electron chi connectivity index (χ3n) is 5.84. The number of benzene rings is 2. The molecule has 9 heteroatoms. The van der Waals surface area contributed by atoms with Crippen LogP contribution >= 0.6 is 11.6 Å². The van der Waals surface area contributed by atoms with Crippen molar-refractivity contribution in [2.24, 2.45) is 5.92 Å². The number of rotatable bonds is 9. The Labute approximate surface area is 202 Å². The SMILES string of the molecule is COc1cc2ncnc(Nc3ccc(F)c(Cl)c3)c2cc1NC(=O)/C=C/CNCC1CCCC1. The number of carbonyl (C=O) groups excluding carboxylic acids is 1. The van der Waals surface area contributed by atoms with E-state index < -0.39 is 5.82 Å². The molecule has 178 valence electrons. The molecular weight excluding hydrogens is 457 g/mol. The number of ether oxygens (including phenoxy) is 1. The summed E-state index contributed by atoms with van der Waals surface area (Å²) in [6.07, 6.45) is 9.94. The Balaban J connectivity index is 1.47. The van der Waals surface area contributed by atoms with Gasteiger partial charge in [0.05, 0.1) is 23.3 Å². The highest BCUT2D eigenvalue weighted by Gasteiger charge is 2.14. The number of aromatic nitrogens is 2. The van der Waals surface area contributed by atoms with Gasteiger partial charge in [-0.25, -0.2) is 14.4 Å². The molecule has 1 saturated carbocycles. The minimum Gasteiger partial charge on any atom is -0.494 e. The molecule has 1 aliphatic rings. The van der Waals surface area contributed by atoms with Gasteiger partial charge in [0.2, 0.25) is 5.91 Å². The van der Waals surface area contributed by atoms with Crippen LogP contribution < -0.4 is 20.7 Å². The van der Waals surface area contributed by atoms with E-state index in [4.69, 9.17) is 16.3 Å². The van der Waals surface area contributed by atoms with Gasteiger partial charge in [0, 0.05) is 29.8 Å². The Morgan fingerprint density at radius 2 is 2.06 bits per heavy atom. The van der Waals surface area contributed by atoms with Crippen LogP contribution in [-0.2, 0) is 4.79 Å². The van der Waals surface area contributed by atoms with E-state index >= 15 is 0 Å². The summed E-state index contributed by atoms with van der Waals surface area (Å²) in [5.41, 5.74) is 1.67. The Morgan fingerprint density at radius 3 is 2.82 bits per heavy atom. The first kappa shape index (κ1) is 23.9. The van der Waals surface area contributed by atoms with Crippen molar-refractivity contribution in [1.82, 2.24) is 15.3 Å². The molecule has 2 aromatic carbocycles. The first-order valence-corrected chi connectivity index (χ1v) is 11.6. The number of hydrogen-bond donors (Lipinski definition) is 3. The van der Waals surface area contributed by atoms with Crippen LogP contribution in [0.15, 0.2) is 48.8 Å². The molecule has 7 nitrogen and oxygen atoms in total. The molecule has 0 aliphatic heterocycles. The number of nitrogens with one attached hydrogen (secondary N) is 3. The maximum absolute atomic E-state index is 13.5. The quantitative estimate of drug-likeness (QED) is 0.277. The summed E-state index contributed by atoms with van der Waals surface area (Å²) in [5, 5.41) is 10.0. The van der Waals surface area contributed by atoms with Gasteiger partial charge in [-0.3, -0.25) is 4.79 Å². The molecule has 0 unspecified atom stereocenters. The number of halogens is 2. The predicted octanol–water partition coefficient (Wildman–Crippen LogP) is 5.45. The summed E-state index contributed by atoms with van der Waals surface area (Å²) in [4.78, 5) is 21.1. The van der Waals surface area contributed by atoms with E-state index in [1.165, 1.54) is 57.3 Å². The van der Waals surface area contributed by atoms with E-state index in [0.29, 0.717) is 40.4 Å². The van der Waals surface area contributed by atoms with Crippen LogP contribution in [0.3, 0.4) is 0 Å². The molecule has 1 fully saturated rings. The lowest BCUT2D eigenvalue weighted by Crippen LogP contribution is -2.21. The molecule has 34 heavy (non-hydrogen) atoms. The van der Waals surface area contributed by atoms with Crippen LogP contribution in [0.4, 0.5) is 21.6 Å². The Kier molecular flexibility index (Phi) is 7.92. The largest absolute Gasteiger partial charge is 0.494 e. The highest BCUT2D eigenvalue weighted by atomic mass is 35.5. The summed E-state index contributed by atoms with van der Waals surface area (Å²) in [6, 6.07) is 7.78. The van der Waals surface area contributed by atoms with Gasteiger partial charge in [-0.2, -0.15) is 0 Å². The standard InChI is InChI=1S/C25H27ClFN5O2/c1-34-23-13-21-18(25(30-15-29-21)31-17-8-9-20(27)19(26)11-17)12-22(23)32-24(33)7-4-10-28-14-16-5-2-3-6-16/h4,7-9,11-13,15-16,28H,2-3,5-6,10,14H2,1H3,(H,32,33)(H,29,30,31)/b7-4+. The Bertz CT molecular complexity index is 1200. The Morgan fingerprint density at radius 1 is 1.24 bits per heavy atom. The minimum atomic E-state index is -0.503. The predicted molar refractivity (Wildman–Crippen MR) is 133 cm³/mol. The zero-order valence-corrected chi connectivity index (χ0v) is 19.7. The van der Waals surface area contributed by atoms with Gasteiger partial charge in [-0.1, -0.05) is 30.5 Å². The van der Waals surface area contributed by atoms with E-state index in [2.05, 4.69) is 25.9 Å². The molecule has 1 amide bonds. The Hall–Kier alpha value is -3.23. The normalized spacial score (nSPS) is 14.1. The minimum absolute atomic E-state index is 0.00232. The average molecular weight is 484 g/mol. The lowest BCUT2D eigenvalue weighted by Gasteiger charge is -2.13. The van der Waals surface area contributed by atoms with Crippen LogP contribution in [0.5, 0.6) is 5.75 Å². The number of anilines is 3. The second kappa shape index (κ2) is 11.3. The third-order valence-corrected chi connectivity index (χ3v) is 6.13. The second-order valence-corrected chi connectivity index (χ2v) is 8.65. The highest BCUT2D eigenvalue weighted by Crippen LogP contribution is 2.33. The first-order valence-electron chi connectivity index (χ1n) is 11.3. The number of fused-ring (bicyclic) bond motifs is 1. The zero-order chi connectivity index (χ0) is 23.9. The zero-order valence-electron chi connectivity index (χ0n) is 18.9. The molecular formula is C25H27ClFN5O2. The maximum Gasteiger partial charge on any atom is 0.248 e. The van der Waals surface area contributed by atoms with Crippen LogP contribution in [0.2, 0.25) is 5.02 Å². The van der Waals surface area contributed by atoms with Gasteiger partial charge < -0.3 is 20.7 Å². The fraction of sp³-hybridized carbons (Fsp3) is 0.320. The van der Waals surface area contributed by atoms with E-state index in [0.717, 1.165) is 12.5 Å². The van der Waals surface area contributed by atoms with Gasteiger partial charge in [0.1, 0.15) is 23.7 Å². The summed E-state index contributed by atoms with van der Waals surface area (Å²) in [7, 11) is 1.53.